The summed E-state index contributed by atoms with van der Waals surface area (Å²) in [7, 11) is 0. The number of carbonyl (C=O) groups excluding carboxylic acids is 1. The quantitative estimate of drug-likeness (QED) is 0.659. The van der Waals surface area contributed by atoms with E-state index in [2.05, 4.69) is 20.0 Å². The van der Waals surface area contributed by atoms with Crippen molar-refractivity contribution in [1.82, 2.24) is 9.97 Å². The van der Waals surface area contributed by atoms with Crippen LogP contribution < -0.4 is 10.0 Å². The number of carbonyl (C=O) groups is 1. The van der Waals surface area contributed by atoms with E-state index in [1.165, 1.54) is 11.9 Å². The maximum atomic E-state index is 12.2. The average Bonchev–Trinajstić information content (AvgIpc) is 2.62. The molecule has 0 unspecified atom stereocenters. The molecule has 0 bridgehead atoms. The van der Waals surface area contributed by atoms with E-state index in [1.807, 2.05) is 24.3 Å². The van der Waals surface area contributed by atoms with Crippen molar-refractivity contribution in [1.29, 1.82) is 0 Å². The average molecular weight is 357 g/mol. The minimum absolute atomic E-state index is 0.200. The molecule has 2 aromatic carbocycles. The van der Waals surface area contributed by atoms with Crippen LogP contribution in [0.25, 0.3) is 0 Å². The number of nitrogens with one attached hydrogen (secondary N) is 2. The monoisotopic (exact) mass is 356 g/mol. The van der Waals surface area contributed by atoms with Crippen LogP contribution >= 0.6 is 23.5 Å². The Kier molecular flexibility index (Phi) is 5.30. The Morgan fingerprint density at radius 1 is 1.00 bits per heavy atom. The fourth-order valence-corrected chi connectivity index (χ4v) is 2.67. The number of hydrogen-bond donors (Lipinski definition) is 2. The first-order valence-electron chi connectivity index (χ1n) is 7.07. The maximum absolute atomic E-state index is 12.2. The molecule has 1 amide bonds. The molecule has 3 rings (SSSR count). The van der Waals surface area contributed by atoms with Crippen LogP contribution in [0.3, 0.4) is 0 Å². The number of hydrogen-bond acceptors (Lipinski definition) is 5. The summed E-state index contributed by atoms with van der Waals surface area (Å²) in [5, 5.41) is 3.37. The van der Waals surface area contributed by atoms with Gasteiger partial charge in [-0.1, -0.05) is 17.7 Å². The highest BCUT2D eigenvalue weighted by Crippen LogP contribution is 2.21. The first-order chi connectivity index (χ1) is 11.7. The number of anilines is 2. The van der Waals surface area contributed by atoms with Gasteiger partial charge < -0.3 is 5.32 Å². The van der Waals surface area contributed by atoms with Crippen LogP contribution in [0.5, 0.6) is 0 Å². The molecule has 0 saturated carbocycles. The molecule has 0 atom stereocenters. The number of benzene rings is 2. The van der Waals surface area contributed by atoms with Crippen LogP contribution in [0.2, 0.25) is 5.02 Å². The normalized spacial score (nSPS) is 10.2. The number of halogens is 1. The molecule has 7 heteroatoms. The van der Waals surface area contributed by atoms with E-state index in [-0.39, 0.29) is 5.91 Å². The van der Waals surface area contributed by atoms with Gasteiger partial charge in [-0.3, -0.25) is 9.52 Å². The van der Waals surface area contributed by atoms with Crippen molar-refractivity contribution < 1.29 is 4.79 Å². The van der Waals surface area contributed by atoms with Gasteiger partial charge in [0.05, 0.1) is 0 Å². The fraction of sp³-hybridized carbons (Fsp3) is 0. The lowest BCUT2D eigenvalue weighted by Crippen LogP contribution is -2.11. The van der Waals surface area contributed by atoms with E-state index in [9.17, 15) is 4.79 Å². The zero-order valence-corrected chi connectivity index (χ0v) is 14.0. The van der Waals surface area contributed by atoms with E-state index in [4.69, 9.17) is 11.6 Å². The van der Waals surface area contributed by atoms with Crippen molar-refractivity contribution in [3.05, 3.63) is 77.6 Å². The molecule has 0 aliphatic heterocycles. The first-order valence-corrected chi connectivity index (χ1v) is 8.27. The Hall–Kier alpha value is -2.57. The van der Waals surface area contributed by atoms with Crippen molar-refractivity contribution in [2.75, 3.05) is 10.0 Å². The molecule has 0 radical (unpaired) electrons. The van der Waals surface area contributed by atoms with Crippen molar-refractivity contribution in [2.24, 2.45) is 0 Å². The van der Waals surface area contributed by atoms with E-state index in [1.54, 1.807) is 42.7 Å². The summed E-state index contributed by atoms with van der Waals surface area (Å²) in [6.07, 6.45) is 3.34. The summed E-state index contributed by atoms with van der Waals surface area (Å²) in [5.74, 6) is 0.342. The van der Waals surface area contributed by atoms with Crippen LogP contribution in [0.15, 0.2) is 71.9 Å². The van der Waals surface area contributed by atoms with Crippen LogP contribution in [-0.2, 0) is 0 Å². The lowest BCUT2D eigenvalue weighted by molar-refractivity contribution is 0.102. The molecule has 0 saturated heterocycles. The molecule has 1 heterocycles. The van der Waals surface area contributed by atoms with E-state index in [0.29, 0.717) is 22.2 Å². The summed E-state index contributed by atoms with van der Waals surface area (Å²) in [4.78, 5) is 21.3. The largest absolute Gasteiger partial charge is 0.322 e. The standard InChI is InChI=1S/C17H13ClN4OS/c18-13-4-1-3-12(11-13)16(23)21-14-5-7-15(8-6-14)24-22-17-19-9-2-10-20-17/h1-11H,(H,21,23)(H,19,20,22). The number of amides is 1. The third-order valence-corrected chi connectivity index (χ3v) is 4.05. The highest BCUT2D eigenvalue weighted by Gasteiger charge is 2.06. The summed E-state index contributed by atoms with van der Waals surface area (Å²) in [5.41, 5.74) is 1.23. The summed E-state index contributed by atoms with van der Waals surface area (Å²) >= 11 is 7.29. The first kappa shape index (κ1) is 16.3. The van der Waals surface area contributed by atoms with Gasteiger partial charge in [0.25, 0.3) is 5.91 Å². The molecule has 5 nitrogen and oxygen atoms in total. The van der Waals surface area contributed by atoms with E-state index < -0.39 is 0 Å². The minimum Gasteiger partial charge on any atom is -0.322 e. The highest BCUT2D eigenvalue weighted by atomic mass is 35.5. The minimum atomic E-state index is -0.200. The predicted octanol–water partition coefficient (Wildman–Crippen LogP) is 4.50. The fourth-order valence-electron chi connectivity index (χ4n) is 1.90. The molecule has 2 N–H and O–H groups in total. The molecule has 120 valence electrons. The highest BCUT2D eigenvalue weighted by molar-refractivity contribution is 8.00. The molecule has 0 aliphatic carbocycles. The second-order valence-corrected chi connectivity index (χ2v) is 6.08. The lowest BCUT2D eigenvalue weighted by atomic mass is 10.2. The Morgan fingerprint density at radius 3 is 2.46 bits per heavy atom. The zero-order valence-electron chi connectivity index (χ0n) is 12.4. The molecule has 3 aromatic rings. The molecular weight excluding hydrogens is 344 g/mol. The molecule has 0 aliphatic rings. The molecule has 1 aromatic heterocycles. The molecule has 0 spiro atoms. The van der Waals surface area contributed by atoms with Crippen LogP contribution in [-0.4, -0.2) is 15.9 Å². The van der Waals surface area contributed by atoms with Crippen molar-refractivity contribution >= 4 is 41.1 Å². The number of aromatic nitrogens is 2. The van der Waals surface area contributed by atoms with Crippen LogP contribution in [0, 0.1) is 0 Å². The smallest absolute Gasteiger partial charge is 0.255 e. The number of rotatable bonds is 5. The van der Waals surface area contributed by atoms with Gasteiger partial charge in [-0.2, -0.15) is 0 Å². The van der Waals surface area contributed by atoms with Crippen LogP contribution in [0.1, 0.15) is 10.4 Å². The second kappa shape index (κ2) is 7.81. The van der Waals surface area contributed by atoms with Crippen molar-refractivity contribution in [3.63, 3.8) is 0 Å². The second-order valence-electron chi connectivity index (χ2n) is 4.77. The van der Waals surface area contributed by atoms with Gasteiger partial charge in [-0.05, 0) is 60.5 Å². The van der Waals surface area contributed by atoms with Gasteiger partial charge in [0.2, 0.25) is 5.95 Å². The van der Waals surface area contributed by atoms with Gasteiger partial charge in [0.15, 0.2) is 0 Å². The predicted molar refractivity (Wildman–Crippen MR) is 97.4 cm³/mol. The van der Waals surface area contributed by atoms with Crippen LogP contribution in [0.4, 0.5) is 11.6 Å². The Bertz CT molecular complexity index is 828. The van der Waals surface area contributed by atoms with Crippen molar-refractivity contribution in [2.45, 2.75) is 4.90 Å². The van der Waals surface area contributed by atoms with E-state index in [0.717, 1.165) is 4.90 Å². The van der Waals surface area contributed by atoms with E-state index >= 15 is 0 Å². The third kappa shape index (κ3) is 4.47. The molecule has 24 heavy (non-hydrogen) atoms. The Balaban J connectivity index is 1.59. The summed E-state index contributed by atoms with van der Waals surface area (Å²) < 4.78 is 3.05. The summed E-state index contributed by atoms with van der Waals surface area (Å²) in [6.45, 7) is 0. The van der Waals surface area contributed by atoms with Gasteiger partial charge in [-0.15, -0.1) is 0 Å². The topological polar surface area (TPSA) is 66.9 Å². The van der Waals surface area contributed by atoms with Crippen molar-refractivity contribution in [3.8, 4) is 0 Å². The molecular formula is C17H13ClN4OS. The van der Waals surface area contributed by atoms with Gasteiger partial charge in [0.1, 0.15) is 0 Å². The number of nitrogens with zero attached hydrogens (tertiary/aromatic N) is 2. The maximum Gasteiger partial charge on any atom is 0.255 e. The SMILES string of the molecule is O=C(Nc1ccc(SNc2ncccn2)cc1)c1cccc(Cl)c1. The third-order valence-electron chi connectivity index (χ3n) is 3.02. The zero-order chi connectivity index (χ0) is 16.8. The van der Waals surface area contributed by atoms with Gasteiger partial charge in [-0.25, -0.2) is 9.97 Å². The lowest BCUT2D eigenvalue weighted by Gasteiger charge is -2.07. The van der Waals surface area contributed by atoms with Gasteiger partial charge >= 0.3 is 0 Å². The van der Waals surface area contributed by atoms with Gasteiger partial charge in [0, 0.05) is 33.6 Å². The Morgan fingerprint density at radius 2 is 1.75 bits per heavy atom. The molecule has 0 fully saturated rings. The Labute approximate surface area is 148 Å². The summed E-state index contributed by atoms with van der Waals surface area (Å²) in [6, 6.07) is 16.0.